The van der Waals surface area contributed by atoms with Gasteiger partial charge in [0, 0.05) is 61.5 Å². The van der Waals surface area contributed by atoms with E-state index in [0.29, 0.717) is 12.4 Å². The molecule has 0 radical (unpaired) electrons. The molecule has 2 N–H and O–H groups in total. The number of anilines is 1. The third-order valence-corrected chi connectivity index (χ3v) is 6.49. The van der Waals surface area contributed by atoms with Gasteiger partial charge in [0.25, 0.3) is 0 Å². The quantitative estimate of drug-likeness (QED) is 0.652. The van der Waals surface area contributed by atoms with Crippen LogP contribution in [0.1, 0.15) is 17.5 Å². The summed E-state index contributed by atoms with van der Waals surface area (Å²) in [5, 5.41) is 0. The zero-order valence-electron chi connectivity index (χ0n) is 18.7. The van der Waals surface area contributed by atoms with Crippen molar-refractivity contribution in [3.63, 3.8) is 0 Å². The Bertz CT molecular complexity index is 1140. The molecule has 2 aromatic heterocycles. The van der Waals surface area contributed by atoms with E-state index in [1.54, 1.807) is 4.90 Å². The maximum absolute atomic E-state index is 11.7. The molecule has 1 fully saturated rings. The highest BCUT2D eigenvalue weighted by Gasteiger charge is 2.22. The summed E-state index contributed by atoms with van der Waals surface area (Å²) in [5.41, 5.74) is 12.2. The lowest BCUT2D eigenvalue weighted by Crippen LogP contribution is -2.40. The molecule has 0 aliphatic carbocycles. The van der Waals surface area contributed by atoms with Crippen molar-refractivity contribution in [2.75, 3.05) is 44.3 Å². The number of urea groups is 1. The molecular weight excluding hydrogens is 414 g/mol. The molecule has 0 unspecified atom stereocenters. The number of aromatic nitrogens is 2. The van der Waals surface area contributed by atoms with Gasteiger partial charge >= 0.3 is 6.03 Å². The first kappa shape index (κ1) is 21.6. The molecule has 1 saturated heterocycles. The van der Waals surface area contributed by atoms with Crippen LogP contribution in [-0.2, 0) is 17.6 Å². The van der Waals surface area contributed by atoms with Crippen molar-refractivity contribution in [1.29, 1.82) is 0 Å². The van der Waals surface area contributed by atoms with Crippen molar-refractivity contribution in [3.05, 3.63) is 66.1 Å². The first-order valence-corrected chi connectivity index (χ1v) is 11.6. The number of pyridine rings is 2. The Labute approximate surface area is 194 Å². The fourth-order valence-electron chi connectivity index (χ4n) is 4.70. The summed E-state index contributed by atoms with van der Waals surface area (Å²) in [6, 6.07) is 12.4. The second-order valence-corrected chi connectivity index (χ2v) is 8.62. The Morgan fingerprint density at radius 1 is 1.00 bits per heavy atom. The van der Waals surface area contributed by atoms with Gasteiger partial charge in [0.1, 0.15) is 5.82 Å². The molecule has 7 heteroatoms. The molecule has 0 spiro atoms. The predicted molar refractivity (Wildman–Crippen MR) is 129 cm³/mol. The van der Waals surface area contributed by atoms with Gasteiger partial charge in [-0.3, -0.25) is 14.8 Å². The number of nitrogens with zero attached hydrogens (tertiary/aromatic N) is 4. The van der Waals surface area contributed by atoms with Gasteiger partial charge in [-0.1, -0.05) is 24.3 Å². The molecule has 1 aromatic carbocycles. The van der Waals surface area contributed by atoms with Crippen molar-refractivity contribution < 1.29 is 9.53 Å². The molecule has 33 heavy (non-hydrogen) atoms. The van der Waals surface area contributed by atoms with Crippen LogP contribution in [0.2, 0.25) is 0 Å². The Balaban J connectivity index is 1.41. The molecule has 3 aromatic rings. The van der Waals surface area contributed by atoms with Gasteiger partial charge in [-0.05, 0) is 48.1 Å². The smallest absolute Gasteiger partial charge is 0.320 e. The van der Waals surface area contributed by atoms with Crippen LogP contribution < -0.4 is 10.6 Å². The van der Waals surface area contributed by atoms with Crippen molar-refractivity contribution >= 4 is 11.8 Å². The number of ether oxygens (including phenoxy) is 1. The highest BCUT2D eigenvalue weighted by molar-refractivity contribution is 5.91. The lowest BCUT2D eigenvalue weighted by atomic mass is 9.96. The van der Waals surface area contributed by atoms with E-state index in [2.05, 4.69) is 51.3 Å². The van der Waals surface area contributed by atoms with Gasteiger partial charge in [0.2, 0.25) is 0 Å². The number of fused-ring (bicyclic) bond motifs is 1. The van der Waals surface area contributed by atoms with Crippen LogP contribution in [-0.4, -0.2) is 60.3 Å². The number of aryl methyl sites for hydroxylation is 1. The fraction of sp³-hybridized carbons (Fsp3) is 0.346. The predicted octanol–water partition coefficient (Wildman–Crippen LogP) is 3.52. The molecule has 2 aliphatic rings. The van der Waals surface area contributed by atoms with E-state index in [1.165, 1.54) is 11.1 Å². The Hall–Kier alpha value is -3.29. The van der Waals surface area contributed by atoms with Crippen molar-refractivity contribution in [3.8, 4) is 22.3 Å². The van der Waals surface area contributed by atoms with Crippen LogP contribution in [0.5, 0.6) is 0 Å². The molecule has 7 nitrogen and oxygen atoms in total. The number of hydrogen-bond acceptors (Lipinski definition) is 5. The summed E-state index contributed by atoms with van der Waals surface area (Å²) < 4.78 is 5.47. The molecule has 2 amide bonds. The summed E-state index contributed by atoms with van der Waals surface area (Å²) in [7, 11) is 0. The van der Waals surface area contributed by atoms with Crippen molar-refractivity contribution in [2.24, 2.45) is 5.73 Å². The minimum absolute atomic E-state index is 0.450. The Morgan fingerprint density at radius 3 is 2.64 bits per heavy atom. The second kappa shape index (κ2) is 9.68. The average molecular weight is 444 g/mol. The van der Waals surface area contributed by atoms with E-state index in [9.17, 15) is 4.79 Å². The highest BCUT2D eigenvalue weighted by Crippen LogP contribution is 2.31. The lowest BCUT2D eigenvalue weighted by molar-refractivity contribution is 0.0384. The number of rotatable bonds is 5. The van der Waals surface area contributed by atoms with Crippen LogP contribution in [0.25, 0.3) is 22.3 Å². The van der Waals surface area contributed by atoms with E-state index in [1.807, 2.05) is 18.6 Å². The lowest BCUT2D eigenvalue weighted by Gasteiger charge is -2.27. The van der Waals surface area contributed by atoms with Crippen molar-refractivity contribution in [1.82, 2.24) is 14.9 Å². The zero-order valence-corrected chi connectivity index (χ0v) is 18.7. The minimum Gasteiger partial charge on any atom is -0.379 e. The molecule has 2 aliphatic heterocycles. The maximum Gasteiger partial charge on any atom is 0.320 e. The maximum atomic E-state index is 11.7. The number of nitrogens with two attached hydrogens (primary N) is 1. The molecule has 0 bridgehead atoms. The summed E-state index contributed by atoms with van der Waals surface area (Å²) in [6.07, 6.45) is 8.37. The molecule has 0 saturated carbocycles. The number of benzene rings is 1. The highest BCUT2D eigenvalue weighted by atomic mass is 16.5. The minimum atomic E-state index is -0.450. The molecule has 4 heterocycles. The average Bonchev–Trinajstić information content (AvgIpc) is 2.87. The standard InChI is InChI=1S/C26H29N5O2/c27-26(32)31-8-3-5-20-14-22(18-29-25(20)31)21-15-23(17-28-16-21)24-6-2-1-4-19(24)7-9-30-10-12-33-13-11-30/h1-2,4,6,14-18H,3,5,7-13H2,(H2,27,32). The third kappa shape index (κ3) is 4.74. The number of hydrogen-bond donors (Lipinski definition) is 1. The first-order valence-electron chi connectivity index (χ1n) is 11.6. The summed E-state index contributed by atoms with van der Waals surface area (Å²) in [4.78, 5) is 24.9. The van der Waals surface area contributed by atoms with Crippen molar-refractivity contribution in [2.45, 2.75) is 19.3 Å². The number of carbonyl (C=O) groups excluding carboxylic acids is 1. The van der Waals surface area contributed by atoms with E-state index >= 15 is 0 Å². The van der Waals surface area contributed by atoms with Crippen LogP contribution in [0.15, 0.2) is 55.0 Å². The molecular formula is C26H29N5O2. The number of primary amides is 1. The zero-order chi connectivity index (χ0) is 22.6. The Kier molecular flexibility index (Phi) is 6.32. The van der Waals surface area contributed by atoms with Gasteiger partial charge in [-0.15, -0.1) is 0 Å². The summed E-state index contributed by atoms with van der Waals surface area (Å²) >= 11 is 0. The third-order valence-electron chi connectivity index (χ3n) is 6.49. The summed E-state index contributed by atoms with van der Waals surface area (Å²) in [5.74, 6) is 0.676. The van der Waals surface area contributed by atoms with Crippen LogP contribution in [0, 0.1) is 0 Å². The van der Waals surface area contributed by atoms with Crippen LogP contribution in [0.3, 0.4) is 0 Å². The second-order valence-electron chi connectivity index (χ2n) is 8.62. The molecule has 170 valence electrons. The number of morpholine rings is 1. The van der Waals surface area contributed by atoms with E-state index < -0.39 is 6.03 Å². The largest absolute Gasteiger partial charge is 0.379 e. The van der Waals surface area contributed by atoms with Gasteiger partial charge < -0.3 is 10.5 Å². The van der Waals surface area contributed by atoms with E-state index in [-0.39, 0.29) is 0 Å². The molecule has 0 atom stereocenters. The summed E-state index contributed by atoms with van der Waals surface area (Å²) in [6.45, 7) is 5.28. The fourth-order valence-corrected chi connectivity index (χ4v) is 4.70. The van der Waals surface area contributed by atoms with Gasteiger partial charge in [-0.2, -0.15) is 0 Å². The SMILES string of the molecule is NC(=O)N1CCCc2cc(-c3cncc(-c4ccccc4CCN4CCOCC4)c3)cnc21. The number of amides is 2. The van der Waals surface area contributed by atoms with E-state index in [4.69, 9.17) is 10.5 Å². The van der Waals surface area contributed by atoms with Crippen LogP contribution in [0.4, 0.5) is 10.6 Å². The first-order chi connectivity index (χ1) is 16.2. The topological polar surface area (TPSA) is 84.6 Å². The van der Waals surface area contributed by atoms with E-state index in [0.717, 1.165) is 74.4 Å². The monoisotopic (exact) mass is 443 g/mol. The molecule has 5 rings (SSSR count). The normalized spacial score (nSPS) is 16.4. The number of carbonyl (C=O) groups is 1. The van der Waals surface area contributed by atoms with Gasteiger partial charge in [0.05, 0.1) is 13.2 Å². The van der Waals surface area contributed by atoms with Crippen LogP contribution >= 0.6 is 0 Å². The Morgan fingerprint density at radius 2 is 1.79 bits per heavy atom. The van der Waals surface area contributed by atoms with Gasteiger partial charge in [0.15, 0.2) is 0 Å². The van der Waals surface area contributed by atoms with Gasteiger partial charge in [-0.25, -0.2) is 9.78 Å².